The van der Waals surface area contributed by atoms with Crippen LogP contribution in [0.3, 0.4) is 0 Å². The molecule has 7 nitrogen and oxygen atoms in total. The van der Waals surface area contributed by atoms with Gasteiger partial charge in [0.15, 0.2) is 5.82 Å². The number of benzene rings is 1. The Morgan fingerprint density at radius 3 is 2.43 bits per heavy atom. The summed E-state index contributed by atoms with van der Waals surface area (Å²) in [4.78, 5) is 20.6. The molecule has 1 aromatic carbocycles. The largest absolute Gasteiger partial charge is 0.494 e. The smallest absolute Gasteiger partial charge is 0.257 e. The molecule has 3 aromatic rings. The highest BCUT2D eigenvalue weighted by Crippen LogP contribution is 2.23. The number of halogens is 1. The van der Waals surface area contributed by atoms with Gasteiger partial charge in [0, 0.05) is 37.9 Å². The fourth-order valence-electron chi connectivity index (χ4n) is 3.39. The summed E-state index contributed by atoms with van der Waals surface area (Å²) in [6.07, 6.45) is 1.58. The average Bonchev–Trinajstić information content (AvgIpc) is 2.80. The maximum Gasteiger partial charge on any atom is 0.257 e. The summed E-state index contributed by atoms with van der Waals surface area (Å²) < 4.78 is 5.47. The third-order valence-electron chi connectivity index (χ3n) is 4.99. The van der Waals surface area contributed by atoms with Gasteiger partial charge in [0.25, 0.3) is 5.91 Å². The molecule has 8 heteroatoms. The first-order valence-electron chi connectivity index (χ1n) is 9.87. The molecular formula is C22H22ClN5O2. The van der Waals surface area contributed by atoms with Crippen LogP contribution in [0.2, 0.25) is 5.15 Å². The number of nitrogens with zero attached hydrogens (tertiary/aromatic N) is 5. The van der Waals surface area contributed by atoms with Gasteiger partial charge in [-0.2, -0.15) is 0 Å². The Balaban J connectivity index is 1.38. The van der Waals surface area contributed by atoms with Crippen molar-refractivity contribution >= 4 is 23.3 Å². The minimum Gasteiger partial charge on any atom is -0.494 e. The summed E-state index contributed by atoms with van der Waals surface area (Å²) in [7, 11) is 0. The van der Waals surface area contributed by atoms with Crippen LogP contribution in [0.1, 0.15) is 17.3 Å². The summed E-state index contributed by atoms with van der Waals surface area (Å²) in [5.74, 6) is 1.55. The molecule has 0 radical (unpaired) electrons. The number of amides is 1. The summed E-state index contributed by atoms with van der Waals surface area (Å²) in [6, 6.07) is 15.2. The maximum absolute atomic E-state index is 12.7. The lowest BCUT2D eigenvalue weighted by atomic mass is 10.1. The lowest BCUT2D eigenvalue weighted by Gasteiger charge is -2.35. The van der Waals surface area contributed by atoms with E-state index < -0.39 is 0 Å². The highest BCUT2D eigenvalue weighted by Gasteiger charge is 2.24. The molecule has 1 amide bonds. The van der Waals surface area contributed by atoms with Gasteiger partial charge in [-0.1, -0.05) is 11.6 Å². The van der Waals surface area contributed by atoms with Crippen molar-refractivity contribution in [1.29, 1.82) is 0 Å². The van der Waals surface area contributed by atoms with Crippen molar-refractivity contribution in [3.63, 3.8) is 0 Å². The van der Waals surface area contributed by atoms with E-state index in [0.29, 0.717) is 38.3 Å². The van der Waals surface area contributed by atoms with E-state index in [1.165, 1.54) is 0 Å². The summed E-state index contributed by atoms with van der Waals surface area (Å²) in [6.45, 7) is 5.14. The van der Waals surface area contributed by atoms with Crippen LogP contribution < -0.4 is 9.64 Å². The van der Waals surface area contributed by atoms with Gasteiger partial charge in [-0.3, -0.25) is 4.79 Å². The zero-order valence-corrected chi connectivity index (χ0v) is 17.4. The Morgan fingerprint density at radius 1 is 1.03 bits per heavy atom. The van der Waals surface area contributed by atoms with Crippen LogP contribution in [-0.2, 0) is 0 Å². The number of ether oxygens (including phenoxy) is 1. The SMILES string of the molecule is CCOc1ccc(-c2ccc(N3CCN(C(=O)c4cccnc4Cl)CC3)nn2)cc1. The molecule has 0 spiro atoms. The number of rotatable bonds is 5. The van der Waals surface area contributed by atoms with Crippen LogP contribution in [0.25, 0.3) is 11.3 Å². The molecule has 4 rings (SSSR count). The molecule has 0 aliphatic carbocycles. The first-order valence-corrected chi connectivity index (χ1v) is 10.2. The van der Waals surface area contributed by atoms with Crippen LogP contribution >= 0.6 is 11.6 Å². The van der Waals surface area contributed by atoms with Crippen molar-refractivity contribution in [3.05, 3.63) is 65.4 Å². The highest BCUT2D eigenvalue weighted by molar-refractivity contribution is 6.32. The maximum atomic E-state index is 12.7. The van der Waals surface area contributed by atoms with Crippen LogP contribution in [0, 0.1) is 0 Å². The van der Waals surface area contributed by atoms with E-state index in [9.17, 15) is 4.79 Å². The molecule has 0 N–H and O–H groups in total. The van der Waals surface area contributed by atoms with Gasteiger partial charge in [-0.25, -0.2) is 4.98 Å². The first kappa shape index (κ1) is 20.1. The normalized spacial score (nSPS) is 13.9. The molecule has 1 aliphatic rings. The van der Waals surface area contributed by atoms with Gasteiger partial charge in [0.1, 0.15) is 10.9 Å². The molecule has 0 bridgehead atoms. The van der Waals surface area contributed by atoms with E-state index in [-0.39, 0.29) is 11.1 Å². The number of hydrogen-bond donors (Lipinski definition) is 0. The number of pyridine rings is 1. The minimum atomic E-state index is -0.0929. The standard InChI is InChI=1S/C22H22ClN5O2/c1-2-30-17-7-5-16(6-8-17)19-9-10-20(26-25-19)27-12-14-28(15-13-27)22(29)18-4-3-11-24-21(18)23/h3-11H,2,12-15H2,1H3. The fraction of sp³-hybridized carbons (Fsp3) is 0.273. The first-order chi connectivity index (χ1) is 14.7. The third kappa shape index (κ3) is 4.36. The van der Waals surface area contributed by atoms with Crippen molar-refractivity contribution < 1.29 is 9.53 Å². The highest BCUT2D eigenvalue weighted by atomic mass is 35.5. The van der Waals surface area contributed by atoms with Crippen molar-refractivity contribution in [3.8, 4) is 17.0 Å². The van der Waals surface area contributed by atoms with E-state index >= 15 is 0 Å². The second-order valence-electron chi connectivity index (χ2n) is 6.86. The van der Waals surface area contributed by atoms with Crippen molar-refractivity contribution in [2.45, 2.75) is 6.92 Å². The van der Waals surface area contributed by atoms with Gasteiger partial charge in [-0.15, -0.1) is 10.2 Å². The molecular weight excluding hydrogens is 402 g/mol. The van der Waals surface area contributed by atoms with E-state index in [2.05, 4.69) is 20.1 Å². The Kier molecular flexibility index (Phi) is 6.09. The Labute approximate surface area is 180 Å². The van der Waals surface area contributed by atoms with E-state index in [4.69, 9.17) is 16.3 Å². The quantitative estimate of drug-likeness (QED) is 0.584. The van der Waals surface area contributed by atoms with Gasteiger partial charge in [0.05, 0.1) is 17.9 Å². The Morgan fingerprint density at radius 2 is 1.80 bits per heavy atom. The lowest BCUT2D eigenvalue weighted by molar-refractivity contribution is 0.0746. The number of piperazine rings is 1. The molecule has 1 fully saturated rings. The molecule has 154 valence electrons. The van der Waals surface area contributed by atoms with Crippen LogP contribution in [0.5, 0.6) is 5.75 Å². The molecule has 30 heavy (non-hydrogen) atoms. The third-order valence-corrected chi connectivity index (χ3v) is 5.29. The van der Waals surface area contributed by atoms with Gasteiger partial charge in [-0.05, 0) is 55.5 Å². The molecule has 3 heterocycles. The molecule has 0 saturated carbocycles. The summed E-state index contributed by atoms with van der Waals surface area (Å²) >= 11 is 6.06. The van der Waals surface area contributed by atoms with Gasteiger partial charge >= 0.3 is 0 Å². The topological polar surface area (TPSA) is 71.5 Å². The molecule has 2 aromatic heterocycles. The van der Waals surface area contributed by atoms with Gasteiger partial charge < -0.3 is 14.5 Å². The second-order valence-corrected chi connectivity index (χ2v) is 7.21. The predicted molar refractivity (Wildman–Crippen MR) is 116 cm³/mol. The average molecular weight is 424 g/mol. The van der Waals surface area contributed by atoms with Gasteiger partial charge in [0.2, 0.25) is 0 Å². The number of aromatic nitrogens is 3. The summed E-state index contributed by atoms with van der Waals surface area (Å²) in [5.41, 5.74) is 2.23. The van der Waals surface area contributed by atoms with E-state index in [1.54, 1.807) is 23.2 Å². The monoisotopic (exact) mass is 423 g/mol. The fourth-order valence-corrected chi connectivity index (χ4v) is 3.59. The lowest BCUT2D eigenvalue weighted by Crippen LogP contribution is -2.49. The summed E-state index contributed by atoms with van der Waals surface area (Å²) in [5, 5.41) is 9.00. The van der Waals surface area contributed by atoms with Crippen molar-refractivity contribution in [2.75, 3.05) is 37.7 Å². The van der Waals surface area contributed by atoms with Crippen molar-refractivity contribution in [2.24, 2.45) is 0 Å². The van der Waals surface area contributed by atoms with Crippen LogP contribution in [0.4, 0.5) is 5.82 Å². The number of anilines is 1. The molecule has 1 aliphatic heterocycles. The zero-order chi connectivity index (χ0) is 20.9. The number of carbonyl (C=O) groups is 1. The Bertz CT molecular complexity index is 1000. The van der Waals surface area contributed by atoms with E-state index in [0.717, 1.165) is 22.8 Å². The molecule has 1 saturated heterocycles. The van der Waals surface area contributed by atoms with Crippen LogP contribution in [-0.4, -0.2) is 58.8 Å². The minimum absolute atomic E-state index is 0.0929. The van der Waals surface area contributed by atoms with Crippen LogP contribution in [0.15, 0.2) is 54.7 Å². The molecule has 0 unspecified atom stereocenters. The number of carbonyl (C=O) groups excluding carboxylic acids is 1. The molecule has 0 atom stereocenters. The second kappa shape index (κ2) is 9.09. The zero-order valence-electron chi connectivity index (χ0n) is 16.7. The van der Waals surface area contributed by atoms with E-state index in [1.807, 2.05) is 43.3 Å². The number of hydrogen-bond acceptors (Lipinski definition) is 6. The van der Waals surface area contributed by atoms with Crippen molar-refractivity contribution in [1.82, 2.24) is 20.1 Å². The Hall–Kier alpha value is -3.19. The predicted octanol–water partition coefficient (Wildman–Crippen LogP) is 3.55.